The molecule has 4 heteroatoms. The van der Waals surface area contributed by atoms with Gasteiger partial charge in [-0.2, -0.15) is 0 Å². The molecule has 0 aliphatic carbocycles. The molecule has 0 atom stereocenters. The van der Waals surface area contributed by atoms with E-state index in [0.29, 0.717) is 5.69 Å². The third-order valence-electron chi connectivity index (χ3n) is 3.46. The predicted octanol–water partition coefficient (Wildman–Crippen LogP) is 4.26. The Hall–Kier alpha value is -2.36. The van der Waals surface area contributed by atoms with Crippen LogP contribution in [0.3, 0.4) is 0 Å². The number of pyridine rings is 1. The lowest BCUT2D eigenvalue weighted by Gasteiger charge is -2.19. The summed E-state index contributed by atoms with van der Waals surface area (Å²) >= 11 is 0. The second kappa shape index (κ2) is 6.82. The number of rotatable bonds is 4. The summed E-state index contributed by atoms with van der Waals surface area (Å²) in [5.41, 5.74) is 3.72. The topological polar surface area (TPSA) is 54.0 Å². The van der Waals surface area contributed by atoms with Crippen LogP contribution >= 0.6 is 0 Å². The zero-order valence-electron chi connectivity index (χ0n) is 14.5. The lowest BCUT2D eigenvalue weighted by Crippen LogP contribution is -2.30. The van der Waals surface area contributed by atoms with Gasteiger partial charge in [0.2, 0.25) is 0 Å². The van der Waals surface area contributed by atoms with Crippen molar-refractivity contribution in [2.45, 2.75) is 46.1 Å². The van der Waals surface area contributed by atoms with Crippen LogP contribution in [0, 0.1) is 0 Å². The molecule has 1 amide bonds. The van der Waals surface area contributed by atoms with Gasteiger partial charge in [-0.1, -0.05) is 32.9 Å². The fourth-order valence-electron chi connectivity index (χ4n) is 2.16. The first-order valence-electron chi connectivity index (χ1n) is 7.90. The predicted molar refractivity (Wildman–Crippen MR) is 95.3 cm³/mol. The Kier molecular flexibility index (Phi) is 5.04. The summed E-state index contributed by atoms with van der Waals surface area (Å²) in [6.07, 6.45) is 1.67. The Labute approximate surface area is 138 Å². The van der Waals surface area contributed by atoms with Crippen LogP contribution < -0.4 is 10.6 Å². The number of carbonyl (C=O) groups is 1. The number of carbonyl (C=O) groups excluding carboxylic acids is 1. The summed E-state index contributed by atoms with van der Waals surface area (Å²) in [5, 5.41) is 6.12. The van der Waals surface area contributed by atoms with Gasteiger partial charge < -0.3 is 10.6 Å². The molecule has 2 rings (SSSR count). The molecule has 23 heavy (non-hydrogen) atoms. The van der Waals surface area contributed by atoms with E-state index < -0.39 is 0 Å². The molecule has 1 aromatic carbocycles. The summed E-state index contributed by atoms with van der Waals surface area (Å²) in [6, 6.07) is 12.0. The van der Waals surface area contributed by atoms with E-state index in [1.54, 1.807) is 12.3 Å². The summed E-state index contributed by atoms with van der Waals surface area (Å²) in [6.45, 7) is 10.4. The Balaban J connectivity index is 2.05. The number of hydrogen-bond donors (Lipinski definition) is 2. The highest BCUT2D eigenvalue weighted by Gasteiger charge is 2.13. The van der Waals surface area contributed by atoms with Crippen LogP contribution in [-0.2, 0) is 5.41 Å². The normalized spacial score (nSPS) is 11.4. The van der Waals surface area contributed by atoms with Gasteiger partial charge in [0.25, 0.3) is 5.91 Å². The van der Waals surface area contributed by atoms with Crippen molar-refractivity contribution in [1.82, 2.24) is 10.3 Å². The number of amides is 1. The zero-order valence-corrected chi connectivity index (χ0v) is 14.5. The molecule has 0 aliphatic rings. The smallest absolute Gasteiger partial charge is 0.270 e. The largest absolute Gasteiger partial charge is 0.354 e. The van der Waals surface area contributed by atoms with Crippen molar-refractivity contribution < 1.29 is 4.79 Å². The van der Waals surface area contributed by atoms with Gasteiger partial charge in [0.05, 0.1) is 11.9 Å². The highest BCUT2D eigenvalue weighted by atomic mass is 16.1. The average molecular weight is 311 g/mol. The van der Waals surface area contributed by atoms with Crippen LogP contribution in [0.1, 0.15) is 50.7 Å². The van der Waals surface area contributed by atoms with Crippen LogP contribution in [0.4, 0.5) is 11.4 Å². The van der Waals surface area contributed by atoms with Crippen molar-refractivity contribution in [3.63, 3.8) is 0 Å². The molecule has 1 aromatic heterocycles. The average Bonchev–Trinajstić information content (AvgIpc) is 2.47. The molecule has 0 saturated carbocycles. The molecule has 0 radical (unpaired) electrons. The van der Waals surface area contributed by atoms with Crippen molar-refractivity contribution in [2.75, 3.05) is 5.32 Å². The van der Waals surface area contributed by atoms with Crippen molar-refractivity contribution >= 4 is 17.3 Å². The van der Waals surface area contributed by atoms with Crippen LogP contribution in [0.15, 0.2) is 42.6 Å². The highest BCUT2D eigenvalue weighted by molar-refractivity contribution is 5.92. The zero-order chi connectivity index (χ0) is 17.0. The SMILES string of the molecule is CC(C)NC(=O)c1ccc(Nc2ccc(C(C)(C)C)cc2)cn1. The van der Waals surface area contributed by atoms with Gasteiger partial charge in [-0.05, 0) is 49.1 Å². The first kappa shape index (κ1) is 17.0. The van der Waals surface area contributed by atoms with E-state index in [9.17, 15) is 4.79 Å². The number of benzene rings is 1. The number of nitrogens with zero attached hydrogens (tertiary/aromatic N) is 1. The molecule has 2 aromatic rings. The van der Waals surface area contributed by atoms with Crippen LogP contribution in [0.25, 0.3) is 0 Å². The standard InChI is InChI=1S/C19H25N3O/c1-13(2)21-18(23)17-11-10-16(12-20-17)22-15-8-6-14(7-9-15)19(3,4)5/h6-13,22H,1-5H3,(H,21,23). The molecule has 0 saturated heterocycles. The fourth-order valence-corrected chi connectivity index (χ4v) is 2.16. The van der Waals surface area contributed by atoms with E-state index in [0.717, 1.165) is 11.4 Å². The summed E-state index contributed by atoms with van der Waals surface area (Å²) in [4.78, 5) is 16.1. The highest BCUT2D eigenvalue weighted by Crippen LogP contribution is 2.24. The Morgan fingerprint density at radius 3 is 2.09 bits per heavy atom. The van der Waals surface area contributed by atoms with E-state index in [1.807, 2.05) is 19.9 Å². The van der Waals surface area contributed by atoms with E-state index in [-0.39, 0.29) is 17.4 Å². The van der Waals surface area contributed by atoms with Gasteiger partial charge in [0.15, 0.2) is 0 Å². The minimum atomic E-state index is -0.152. The molecule has 0 fully saturated rings. The second-order valence-electron chi connectivity index (χ2n) is 7.01. The maximum atomic E-state index is 11.9. The lowest BCUT2D eigenvalue weighted by molar-refractivity contribution is 0.0938. The van der Waals surface area contributed by atoms with E-state index in [2.05, 4.69) is 60.7 Å². The Bertz CT molecular complexity index is 653. The molecule has 0 spiro atoms. The Morgan fingerprint density at radius 1 is 1.00 bits per heavy atom. The minimum absolute atomic E-state index is 0.100. The van der Waals surface area contributed by atoms with Crippen LogP contribution in [0.2, 0.25) is 0 Å². The number of anilines is 2. The quantitative estimate of drug-likeness (QED) is 0.887. The second-order valence-corrected chi connectivity index (χ2v) is 7.01. The monoisotopic (exact) mass is 311 g/mol. The molecule has 0 bridgehead atoms. The molecular weight excluding hydrogens is 286 g/mol. The van der Waals surface area contributed by atoms with Gasteiger partial charge in [-0.15, -0.1) is 0 Å². The van der Waals surface area contributed by atoms with Gasteiger partial charge in [-0.25, -0.2) is 4.98 Å². The summed E-state index contributed by atoms with van der Waals surface area (Å²) in [5.74, 6) is -0.152. The molecule has 1 heterocycles. The third-order valence-corrected chi connectivity index (χ3v) is 3.46. The number of aromatic nitrogens is 1. The lowest BCUT2D eigenvalue weighted by atomic mass is 9.87. The molecular formula is C19H25N3O. The van der Waals surface area contributed by atoms with Gasteiger partial charge in [-0.3, -0.25) is 4.79 Å². The van der Waals surface area contributed by atoms with Crippen molar-refractivity contribution in [3.05, 3.63) is 53.9 Å². The third kappa shape index (κ3) is 4.81. The summed E-state index contributed by atoms with van der Waals surface area (Å²) in [7, 11) is 0. The first-order chi connectivity index (χ1) is 10.8. The molecule has 4 nitrogen and oxygen atoms in total. The van der Waals surface area contributed by atoms with Crippen LogP contribution in [0.5, 0.6) is 0 Å². The van der Waals surface area contributed by atoms with Gasteiger partial charge in [0, 0.05) is 11.7 Å². The fraction of sp³-hybridized carbons (Fsp3) is 0.368. The number of hydrogen-bond acceptors (Lipinski definition) is 3. The molecule has 2 N–H and O–H groups in total. The van der Waals surface area contributed by atoms with Crippen molar-refractivity contribution in [1.29, 1.82) is 0 Å². The molecule has 0 aliphatic heterocycles. The van der Waals surface area contributed by atoms with Crippen molar-refractivity contribution in [2.24, 2.45) is 0 Å². The number of nitrogens with one attached hydrogen (secondary N) is 2. The maximum absolute atomic E-state index is 11.9. The Morgan fingerprint density at radius 2 is 1.61 bits per heavy atom. The molecule has 0 unspecified atom stereocenters. The van der Waals surface area contributed by atoms with Crippen molar-refractivity contribution in [3.8, 4) is 0 Å². The molecule has 122 valence electrons. The van der Waals surface area contributed by atoms with Crippen LogP contribution in [-0.4, -0.2) is 16.9 Å². The summed E-state index contributed by atoms with van der Waals surface area (Å²) < 4.78 is 0. The maximum Gasteiger partial charge on any atom is 0.270 e. The first-order valence-corrected chi connectivity index (χ1v) is 7.90. The van der Waals surface area contributed by atoms with Gasteiger partial charge in [0.1, 0.15) is 5.69 Å². The van der Waals surface area contributed by atoms with Gasteiger partial charge >= 0.3 is 0 Å². The van der Waals surface area contributed by atoms with E-state index >= 15 is 0 Å². The van der Waals surface area contributed by atoms with E-state index in [4.69, 9.17) is 0 Å². The minimum Gasteiger partial charge on any atom is -0.354 e. The van der Waals surface area contributed by atoms with E-state index in [1.165, 1.54) is 5.56 Å².